The zero-order valence-corrected chi connectivity index (χ0v) is 13.1. The monoisotopic (exact) mass is 285 g/mol. The molecule has 0 spiro atoms. The molecule has 3 nitrogen and oxygen atoms in total. The van der Waals surface area contributed by atoms with E-state index in [0.29, 0.717) is 18.1 Å². The molecule has 2 aliphatic heterocycles. The topological polar surface area (TPSA) is 42.2 Å². The van der Waals surface area contributed by atoms with E-state index in [-0.39, 0.29) is 17.3 Å². The number of hydrogen-bond acceptors (Lipinski definition) is 3. The van der Waals surface area contributed by atoms with Crippen LogP contribution < -0.4 is 0 Å². The van der Waals surface area contributed by atoms with Crippen LogP contribution in [0.3, 0.4) is 0 Å². The van der Waals surface area contributed by atoms with Crippen molar-refractivity contribution in [1.82, 2.24) is 0 Å². The van der Waals surface area contributed by atoms with Crippen LogP contribution in [-0.2, 0) is 16.1 Å². The molecule has 21 heavy (non-hydrogen) atoms. The molecule has 2 aliphatic rings. The van der Waals surface area contributed by atoms with Crippen LogP contribution in [0.25, 0.3) is 0 Å². The highest BCUT2D eigenvalue weighted by Crippen LogP contribution is 2.55. The van der Waals surface area contributed by atoms with Gasteiger partial charge in [-0.3, -0.25) is 0 Å². The highest BCUT2D eigenvalue weighted by Gasteiger charge is 2.60. The Morgan fingerprint density at radius 1 is 1.38 bits per heavy atom. The molecule has 0 saturated carbocycles. The standard InChI is InChI=1S/C18H23NO2/c1-13(2)18-9-8-17(3,21-18)16(10-18)20-12-15-7-5-4-6-14(15)11-19/h4-7,13,16H,8-10,12H2,1-3H3/t16-,17+,18-/m0/s1. The van der Waals surface area contributed by atoms with Crippen LogP contribution in [-0.4, -0.2) is 17.3 Å². The summed E-state index contributed by atoms with van der Waals surface area (Å²) in [5.41, 5.74) is 1.50. The summed E-state index contributed by atoms with van der Waals surface area (Å²) in [6.45, 7) is 7.13. The van der Waals surface area contributed by atoms with Crippen molar-refractivity contribution in [2.45, 2.75) is 63.9 Å². The van der Waals surface area contributed by atoms with Gasteiger partial charge in [0.1, 0.15) is 0 Å². The van der Waals surface area contributed by atoms with Crippen LogP contribution in [0.5, 0.6) is 0 Å². The fraction of sp³-hybridized carbons (Fsp3) is 0.611. The molecule has 1 aromatic carbocycles. The molecule has 3 rings (SSSR count). The lowest BCUT2D eigenvalue weighted by Gasteiger charge is -2.31. The fourth-order valence-electron chi connectivity index (χ4n) is 3.75. The van der Waals surface area contributed by atoms with E-state index in [1.165, 1.54) is 0 Å². The lowest BCUT2D eigenvalue weighted by Crippen LogP contribution is -2.38. The van der Waals surface area contributed by atoms with E-state index < -0.39 is 0 Å². The quantitative estimate of drug-likeness (QED) is 0.844. The summed E-state index contributed by atoms with van der Waals surface area (Å²) < 4.78 is 12.5. The zero-order valence-electron chi connectivity index (χ0n) is 13.1. The molecule has 2 saturated heterocycles. The zero-order chi connectivity index (χ0) is 15.1. The SMILES string of the molecule is CC(C)[C@@]12CC[C@@](C)(O1)[C@@H](OCc1ccccc1C#N)C2. The molecule has 0 radical (unpaired) electrons. The van der Waals surface area contributed by atoms with E-state index in [1.807, 2.05) is 24.3 Å². The molecule has 3 heteroatoms. The Balaban J connectivity index is 1.71. The molecular weight excluding hydrogens is 262 g/mol. The highest BCUT2D eigenvalue weighted by molar-refractivity contribution is 5.36. The third kappa shape index (κ3) is 2.37. The lowest BCUT2D eigenvalue weighted by molar-refractivity contribution is -0.0960. The van der Waals surface area contributed by atoms with E-state index in [4.69, 9.17) is 14.7 Å². The first kappa shape index (κ1) is 14.6. The predicted octanol–water partition coefficient (Wildman–Crippen LogP) is 3.81. The van der Waals surface area contributed by atoms with Crippen LogP contribution in [0.15, 0.2) is 24.3 Å². The molecule has 2 bridgehead atoms. The van der Waals surface area contributed by atoms with Gasteiger partial charge in [-0.05, 0) is 37.3 Å². The normalized spacial score (nSPS) is 34.3. The Hall–Kier alpha value is -1.37. The maximum absolute atomic E-state index is 9.15. The number of rotatable bonds is 4. The van der Waals surface area contributed by atoms with E-state index in [9.17, 15) is 0 Å². The van der Waals surface area contributed by atoms with Crippen LogP contribution in [0.1, 0.15) is 51.2 Å². The van der Waals surface area contributed by atoms with E-state index in [0.717, 1.165) is 24.8 Å². The maximum Gasteiger partial charge on any atom is 0.0995 e. The number of ether oxygens (including phenoxy) is 2. The van der Waals surface area contributed by atoms with Crippen LogP contribution in [0, 0.1) is 17.2 Å². The minimum atomic E-state index is -0.161. The number of hydrogen-bond donors (Lipinski definition) is 0. The van der Waals surface area contributed by atoms with Gasteiger partial charge in [-0.15, -0.1) is 0 Å². The summed E-state index contributed by atoms with van der Waals surface area (Å²) in [5.74, 6) is 0.513. The summed E-state index contributed by atoms with van der Waals surface area (Å²) in [5, 5.41) is 9.15. The largest absolute Gasteiger partial charge is 0.370 e. The maximum atomic E-state index is 9.15. The Morgan fingerprint density at radius 2 is 2.14 bits per heavy atom. The molecule has 1 aromatic rings. The first-order valence-electron chi connectivity index (χ1n) is 7.79. The van der Waals surface area contributed by atoms with Crippen molar-refractivity contribution >= 4 is 0 Å². The van der Waals surface area contributed by atoms with Crippen molar-refractivity contribution in [2.24, 2.45) is 5.92 Å². The number of nitriles is 1. The molecule has 2 fully saturated rings. The van der Waals surface area contributed by atoms with Crippen molar-refractivity contribution in [1.29, 1.82) is 5.26 Å². The average Bonchev–Trinajstić information content (AvgIpc) is 2.97. The van der Waals surface area contributed by atoms with Gasteiger partial charge in [-0.2, -0.15) is 5.26 Å². The van der Waals surface area contributed by atoms with Crippen LogP contribution in [0.2, 0.25) is 0 Å². The third-order valence-electron chi connectivity index (χ3n) is 5.32. The lowest BCUT2D eigenvalue weighted by atomic mass is 9.75. The van der Waals surface area contributed by atoms with Crippen molar-refractivity contribution < 1.29 is 9.47 Å². The Bertz CT molecular complexity index is 577. The minimum Gasteiger partial charge on any atom is -0.370 e. The average molecular weight is 285 g/mol. The molecule has 0 N–H and O–H groups in total. The summed E-state index contributed by atoms with van der Waals surface area (Å²) >= 11 is 0. The summed E-state index contributed by atoms with van der Waals surface area (Å²) in [6.07, 6.45) is 3.29. The number of benzene rings is 1. The second kappa shape index (κ2) is 5.12. The molecular formula is C18H23NO2. The fourth-order valence-corrected chi connectivity index (χ4v) is 3.75. The number of fused-ring (bicyclic) bond motifs is 2. The minimum absolute atomic E-state index is 0.00579. The second-order valence-corrected chi connectivity index (χ2v) is 6.91. The van der Waals surface area contributed by atoms with Gasteiger partial charge in [0.05, 0.1) is 35.5 Å². The summed E-state index contributed by atoms with van der Waals surface area (Å²) in [6, 6.07) is 9.87. The smallest absolute Gasteiger partial charge is 0.0995 e. The van der Waals surface area contributed by atoms with Gasteiger partial charge < -0.3 is 9.47 Å². The molecule has 0 amide bonds. The highest BCUT2D eigenvalue weighted by atomic mass is 16.6. The van der Waals surface area contributed by atoms with Gasteiger partial charge in [-0.1, -0.05) is 32.0 Å². The van der Waals surface area contributed by atoms with E-state index >= 15 is 0 Å². The summed E-state index contributed by atoms with van der Waals surface area (Å²) in [7, 11) is 0. The Labute approximate surface area is 126 Å². The molecule has 0 unspecified atom stereocenters. The first-order chi connectivity index (χ1) is 9.99. The van der Waals surface area contributed by atoms with E-state index in [1.54, 1.807) is 0 Å². The number of nitrogens with zero attached hydrogens (tertiary/aromatic N) is 1. The van der Waals surface area contributed by atoms with Gasteiger partial charge in [0.15, 0.2) is 0 Å². The molecule has 3 atom stereocenters. The second-order valence-electron chi connectivity index (χ2n) is 6.91. The molecule has 112 valence electrons. The van der Waals surface area contributed by atoms with Crippen molar-refractivity contribution in [3.8, 4) is 6.07 Å². The molecule has 0 aromatic heterocycles. The van der Waals surface area contributed by atoms with Gasteiger partial charge in [0.2, 0.25) is 0 Å². The van der Waals surface area contributed by atoms with Gasteiger partial charge in [0, 0.05) is 6.42 Å². The summed E-state index contributed by atoms with van der Waals surface area (Å²) in [4.78, 5) is 0. The molecule has 2 heterocycles. The first-order valence-corrected chi connectivity index (χ1v) is 7.79. The van der Waals surface area contributed by atoms with Crippen LogP contribution in [0.4, 0.5) is 0 Å². The van der Waals surface area contributed by atoms with Crippen LogP contribution >= 0.6 is 0 Å². The van der Waals surface area contributed by atoms with Crippen molar-refractivity contribution in [2.75, 3.05) is 0 Å². The van der Waals surface area contributed by atoms with Gasteiger partial charge >= 0.3 is 0 Å². The molecule has 0 aliphatic carbocycles. The van der Waals surface area contributed by atoms with Gasteiger partial charge in [-0.25, -0.2) is 0 Å². The predicted molar refractivity (Wildman–Crippen MR) is 80.6 cm³/mol. The van der Waals surface area contributed by atoms with E-state index in [2.05, 4.69) is 26.8 Å². The van der Waals surface area contributed by atoms with Crippen molar-refractivity contribution in [3.05, 3.63) is 35.4 Å². The Morgan fingerprint density at radius 3 is 2.81 bits per heavy atom. The Kier molecular flexibility index (Phi) is 3.55. The third-order valence-corrected chi connectivity index (χ3v) is 5.32. The van der Waals surface area contributed by atoms with Gasteiger partial charge in [0.25, 0.3) is 0 Å². The van der Waals surface area contributed by atoms with Crippen molar-refractivity contribution in [3.63, 3.8) is 0 Å².